The number of amides is 1. The van der Waals surface area contributed by atoms with E-state index >= 15 is 0 Å². The number of rotatable bonds is 7. The Hall–Kier alpha value is -2.39. The number of hydrogen-bond acceptors (Lipinski definition) is 5. The number of carbonyl (C=O) groups excluding carboxylic acids is 1. The SMILES string of the molecule is CCOc1ccc(NC(=O)/C=C/c2ccc(C)c(Cl)c2)cc1S(=O)(=O)N1CCOCC1. The van der Waals surface area contributed by atoms with Crippen LogP contribution in [0.25, 0.3) is 6.08 Å². The first-order valence-electron chi connectivity index (χ1n) is 9.91. The van der Waals surface area contributed by atoms with Crippen LogP contribution in [0.4, 0.5) is 5.69 Å². The zero-order valence-electron chi connectivity index (χ0n) is 17.4. The number of ether oxygens (including phenoxy) is 2. The van der Waals surface area contributed by atoms with Gasteiger partial charge in [0.1, 0.15) is 10.6 Å². The quantitative estimate of drug-likeness (QED) is 0.631. The standard InChI is InChI=1S/C22H25ClN2O5S/c1-3-30-20-8-7-18(15-21(20)31(27,28)25-10-12-29-13-11-25)24-22(26)9-6-17-5-4-16(2)19(23)14-17/h4-9,14-15H,3,10-13H2,1-2H3,(H,24,26)/b9-6+. The molecule has 1 N–H and O–H groups in total. The first-order valence-corrected chi connectivity index (χ1v) is 11.7. The van der Waals surface area contributed by atoms with Crippen LogP contribution in [0, 0.1) is 6.92 Å². The highest BCUT2D eigenvalue weighted by atomic mass is 35.5. The number of nitrogens with one attached hydrogen (secondary N) is 1. The fraction of sp³-hybridized carbons (Fsp3) is 0.318. The minimum Gasteiger partial charge on any atom is -0.492 e. The average molecular weight is 465 g/mol. The number of carbonyl (C=O) groups is 1. The van der Waals surface area contributed by atoms with Gasteiger partial charge in [-0.3, -0.25) is 4.79 Å². The van der Waals surface area contributed by atoms with E-state index in [1.54, 1.807) is 31.2 Å². The third-order valence-corrected chi connectivity index (χ3v) is 7.05. The van der Waals surface area contributed by atoms with Gasteiger partial charge in [-0.15, -0.1) is 0 Å². The van der Waals surface area contributed by atoms with Gasteiger partial charge in [-0.05, 0) is 55.3 Å². The summed E-state index contributed by atoms with van der Waals surface area (Å²) in [6.45, 7) is 5.22. The maximum absolute atomic E-state index is 13.1. The van der Waals surface area contributed by atoms with E-state index in [1.807, 2.05) is 19.1 Å². The number of hydrogen-bond donors (Lipinski definition) is 1. The lowest BCUT2D eigenvalue weighted by molar-refractivity contribution is -0.111. The third-order valence-electron chi connectivity index (χ3n) is 4.72. The summed E-state index contributed by atoms with van der Waals surface area (Å²) in [6.07, 6.45) is 3.01. The number of sulfonamides is 1. The molecule has 0 spiro atoms. The Morgan fingerprint density at radius 3 is 2.65 bits per heavy atom. The van der Waals surface area contributed by atoms with Crippen molar-refractivity contribution in [3.8, 4) is 5.75 Å². The third kappa shape index (κ3) is 5.86. The van der Waals surface area contributed by atoms with Gasteiger partial charge in [0, 0.05) is 29.9 Å². The van der Waals surface area contributed by atoms with Gasteiger partial charge in [0.05, 0.1) is 19.8 Å². The summed E-state index contributed by atoms with van der Waals surface area (Å²) in [5.41, 5.74) is 2.09. The summed E-state index contributed by atoms with van der Waals surface area (Å²) in [5, 5.41) is 3.32. The monoisotopic (exact) mass is 464 g/mol. The van der Waals surface area contributed by atoms with E-state index < -0.39 is 15.9 Å². The van der Waals surface area contributed by atoms with E-state index in [9.17, 15) is 13.2 Å². The second-order valence-corrected chi connectivity index (χ2v) is 9.26. The summed E-state index contributed by atoms with van der Waals surface area (Å²) in [5.74, 6) is -0.146. The van der Waals surface area contributed by atoms with Crippen LogP contribution in [0.5, 0.6) is 5.75 Å². The van der Waals surface area contributed by atoms with Gasteiger partial charge in [-0.2, -0.15) is 4.31 Å². The first-order chi connectivity index (χ1) is 14.8. The van der Waals surface area contributed by atoms with Crippen LogP contribution >= 0.6 is 11.6 Å². The van der Waals surface area contributed by atoms with Crippen LogP contribution in [0.2, 0.25) is 5.02 Å². The maximum atomic E-state index is 13.1. The van der Waals surface area contributed by atoms with E-state index in [0.29, 0.717) is 30.5 Å². The zero-order valence-corrected chi connectivity index (χ0v) is 19.0. The number of morpholine rings is 1. The van der Waals surface area contributed by atoms with Gasteiger partial charge >= 0.3 is 0 Å². The Morgan fingerprint density at radius 1 is 1.23 bits per heavy atom. The molecule has 0 aromatic heterocycles. The fourth-order valence-corrected chi connectivity index (χ4v) is 4.81. The molecule has 2 aromatic rings. The highest BCUT2D eigenvalue weighted by molar-refractivity contribution is 7.89. The Labute approximate surface area is 187 Å². The molecule has 0 bridgehead atoms. The van der Waals surface area contributed by atoms with Gasteiger partial charge in [0.15, 0.2) is 0 Å². The van der Waals surface area contributed by atoms with Crippen molar-refractivity contribution in [3.05, 3.63) is 58.6 Å². The number of aryl methyl sites for hydroxylation is 1. The lowest BCUT2D eigenvalue weighted by atomic mass is 10.1. The zero-order chi connectivity index (χ0) is 22.4. The van der Waals surface area contributed by atoms with E-state index in [2.05, 4.69) is 5.32 Å². The Kier molecular flexibility index (Phi) is 7.72. The molecular formula is C22H25ClN2O5S. The van der Waals surface area contributed by atoms with Crippen molar-refractivity contribution in [1.29, 1.82) is 0 Å². The minimum absolute atomic E-state index is 0.0170. The van der Waals surface area contributed by atoms with Gasteiger partial charge in [-0.25, -0.2) is 8.42 Å². The topological polar surface area (TPSA) is 84.9 Å². The molecule has 0 aliphatic carbocycles. The molecule has 1 aliphatic heterocycles. The van der Waals surface area contributed by atoms with Crippen LogP contribution in [-0.4, -0.2) is 51.5 Å². The summed E-state index contributed by atoms with van der Waals surface area (Å²) in [4.78, 5) is 12.4. The Bertz CT molecular complexity index is 1080. The molecule has 7 nitrogen and oxygen atoms in total. The molecule has 0 unspecified atom stereocenters. The summed E-state index contributed by atoms with van der Waals surface area (Å²) >= 11 is 6.11. The van der Waals surface area contributed by atoms with E-state index in [4.69, 9.17) is 21.1 Å². The molecule has 1 saturated heterocycles. The molecule has 9 heteroatoms. The number of benzene rings is 2. The van der Waals surface area contributed by atoms with Crippen LogP contribution in [-0.2, 0) is 19.6 Å². The Balaban J connectivity index is 1.81. The van der Waals surface area contributed by atoms with Crippen molar-refractivity contribution in [2.45, 2.75) is 18.7 Å². The van der Waals surface area contributed by atoms with Gasteiger partial charge in [0.25, 0.3) is 0 Å². The molecule has 2 aromatic carbocycles. The highest BCUT2D eigenvalue weighted by Crippen LogP contribution is 2.30. The number of nitrogens with zero attached hydrogens (tertiary/aromatic N) is 1. The van der Waals surface area contributed by atoms with Crippen molar-refractivity contribution < 1.29 is 22.7 Å². The molecule has 1 amide bonds. The largest absolute Gasteiger partial charge is 0.492 e. The molecule has 3 rings (SSSR count). The predicted octanol–water partition coefficient (Wildman–Crippen LogP) is 3.72. The molecule has 1 fully saturated rings. The van der Waals surface area contributed by atoms with Crippen LogP contribution in [0.1, 0.15) is 18.1 Å². The fourth-order valence-electron chi connectivity index (χ4n) is 3.06. The van der Waals surface area contributed by atoms with Gasteiger partial charge in [-0.1, -0.05) is 23.7 Å². The van der Waals surface area contributed by atoms with Crippen molar-refractivity contribution in [2.75, 3.05) is 38.2 Å². The lowest BCUT2D eigenvalue weighted by Gasteiger charge is -2.27. The molecule has 1 heterocycles. The summed E-state index contributed by atoms with van der Waals surface area (Å²) in [6, 6.07) is 10.1. The summed E-state index contributed by atoms with van der Waals surface area (Å²) in [7, 11) is -3.79. The van der Waals surface area contributed by atoms with E-state index in [0.717, 1.165) is 11.1 Å². The molecule has 1 aliphatic rings. The smallest absolute Gasteiger partial charge is 0.248 e. The van der Waals surface area contributed by atoms with E-state index in [1.165, 1.54) is 16.4 Å². The highest BCUT2D eigenvalue weighted by Gasteiger charge is 2.29. The molecule has 0 atom stereocenters. The minimum atomic E-state index is -3.79. The summed E-state index contributed by atoms with van der Waals surface area (Å²) < 4.78 is 38.4. The van der Waals surface area contributed by atoms with Crippen LogP contribution in [0.15, 0.2) is 47.4 Å². The molecule has 0 saturated carbocycles. The van der Waals surface area contributed by atoms with Gasteiger partial charge < -0.3 is 14.8 Å². The molecular weight excluding hydrogens is 440 g/mol. The van der Waals surface area contributed by atoms with Crippen LogP contribution < -0.4 is 10.1 Å². The van der Waals surface area contributed by atoms with Crippen molar-refractivity contribution in [2.24, 2.45) is 0 Å². The molecule has 0 radical (unpaired) electrons. The van der Waals surface area contributed by atoms with Gasteiger partial charge in [0.2, 0.25) is 15.9 Å². The van der Waals surface area contributed by atoms with Crippen molar-refractivity contribution >= 4 is 39.3 Å². The lowest BCUT2D eigenvalue weighted by Crippen LogP contribution is -2.40. The average Bonchev–Trinajstić information content (AvgIpc) is 2.76. The normalized spacial score (nSPS) is 15.2. The predicted molar refractivity (Wildman–Crippen MR) is 121 cm³/mol. The maximum Gasteiger partial charge on any atom is 0.248 e. The Morgan fingerprint density at radius 2 is 1.97 bits per heavy atom. The van der Waals surface area contributed by atoms with Crippen molar-refractivity contribution in [3.63, 3.8) is 0 Å². The second-order valence-electron chi connectivity index (χ2n) is 6.94. The molecule has 31 heavy (non-hydrogen) atoms. The second kappa shape index (κ2) is 10.3. The number of halogens is 1. The first kappa shape index (κ1) is 23.3. The van der Waals surface area contributed by atoms with E-state index in [-0.39, 0.29) is 23.7 Å². The molecule has 166 valence electrons. The van der Waals surface area contributed by atoms with Crippen LogP contribution in [0.3, 0.4) is 0 Å². The van der Waals surface area contributed by atoms with Crippen molar-refractivity contribution in [1.82, 2.24) is 4.31 Å². The number of anilines is 1.